The van der Waals surface area contributed by atoms with E-state index in [1.165, 1.54) is 112 Å². The Hall–Kier alpha value is -5.48. The molecule has 1 aromatic heterocycles. The summed E-state index contributed by atoms with van der Waals surface area (Å²) in [6.07, 6.45) is 4.65. The van der Waals surface area contributed by atoms with Crippen molar-refractivity contribution < 1.29 is 4.42 Å². The van der Waals surface area contributed by atoms with Crippen LogP contribution in [0.15, 0.2) is 108 Å². The predicted octanol–water partition coefficient (Wildman–Crippen LogP) is 17.1. The minimum Gasteiger partial charge on any atom is -0.440 e. The van der Waals surface area contributed by atoms with Gasteiger partial charge in [0.25, 0.3) is 6.71 Å². The Kier molecular flexibility index (Phi) is 10.3. The molecule has 0 saturated heterocycles. The molecule has 3 heterocycles. The molecule has 2 aliphatic carbocycles. The highest BCUT2D eigenvalue weighted by Crippen LogP contribution is 2.54. The van der Waals surface area contributed by atoms with Gasteiger partial charge in [-0.25, -0.2) is 0 Å². The lowest BCUT2D eigenvalue weighted by molar-refractivity contribution is 0.332. The predicted molar refractivity (Wildman–Crippen MR) is 307 cm³/mol. The number of rotatable bonds is 3. The molecule has 4 aliphatic rings. The van der Waals surface area contributed by atoms with Gasteiger partial charge in [-0.2, -0.15) is 0 Å². The fourth-order valence-corrected chi connectivity index (χ4v) is 13.0. The maximum atomic E-state index is 7.61. The van der Waals surface area contributed by atoms with E-state index in [0.29, 0.717) is 0 Å². The molecule has 0 bridgehead atoms. The van der Waals surface area contributed by atoms with Gasteiger partial charge in [-0.1, -0.05) is 166 Å². The van der Waals surface area contributed by atoms with Crippen LogP contribution in [0.5, 0.6) is 0 Å². The van der Waals surface area contributed by atoms with Crippen LogP contribution in [0.25, 0.3) is 22.1 Å². The van der Waals surface area contributed by atoms with E-state index in [0.717, 1.165) is 30.7 Å². The highest BCUT2D eigenvalue weighted by molar-refractivity contribution is 7.01. The van der Waals surface area contributed by atoms with Crippen molar-refractivity contribution in [1.29, 1.82) is 0 Å². The van der Waals surface area contributed by atoms with Crippen LogP contribution in [0.4, 0.5) is 34.3 Å². The second-order valence-electron chi connectivity index (χ2n) is 28.1. The second kappa shape index (κ2) is 15.3. The van der Waals surface area contributed by atoms with Crippen molar-refractivity contribution >= 4 is 68.4 Å². The van der Waals surface area contributed by atoms with Crippen LogP contribution in [0, 0.1) is 6.92 Å². The van der Waals surface area contributed by atoms with E-state index in [1.807, 2.05) is 0 Å². The summed E-state index contributed by atoms with van der Waals surface area (Å²) >= 11 is 0. The first-order valence-corrected chi connectivity index (χ1v) is 26.9. The third kappa shape index (κ3) is 7.49. The molecule has 0 N–H and O–H groups in total. The molecule has 71 heavy (non-hydrogen) atoms. The van der Waals surface area contributed by atoms with Gasteiger partial charge in [0.2, 0.25) is 5.88 Å². The van der Waals surface area contributed by atoms with Crippen molar-refractivity contribution in [2.75, 3.05) is 9.80 Å². The molecule has 0 radical (unpaired) electrons. The van der Waals surface area contributed by atoms with Crippen LogP contribution in [-0.4, -0.2) is 6.71 Å². The molecule has 0 saturated carbocycles. The Morgan fingerprint density at radius 2 is 0.944 bits per heavy atom. The first kappa shape index (κ1) is 47.8. The molecule has 0 fully saturated rings. The first-order valence-electron chi connectivity index (χ1n) is 26.9. The van der Waals surface area contributed by atoms with Crippen LogP contribution >= 0.6 is 0 Å². The molecule has 2 aliphatic heterocycles. The Bertz CT molecular complexity index is 3330. The molecule has 11 rings (SSSR count). The minimum atomic E-state index is -0.0734. The Labute approximate surface area is 427 Å². The number of hydrogen-bond donors (Lipinski definition) is 0. The van der Waals surface area contributed by atoms with E-state index in [9.17, 15) is 0 Å². The van der Waals surface area contributed by atoms with Gasteiger partial charge in [-0.3, -0.25) is 4.90 Å². The van der Waals surface area contributed by atoms with Crippen molar-refractivity contribution in [1.82, 2.24) is 0 Å². The fraction of sp³-hybridized carbons (Fsp3) is 0.433. The second-order valence-corrected chi connectivity index (χ2v) is 28.1. The molecule has 0 atom stereocenters. The average molecular weight is 939 g/mol. The topological polar surface area (TPSA) is 19.6 Å². The van der Waals surface area contributed by atoms with Gasteiger partial charge in [0.15, 0.2) is 0 Å². The van der Waals surface area contributed by atoms with Crippen molar-refractivity contribution in [2.24, 2.45) is 0 Å². The van der Waals surface area contributed by atoms with Gasteiger partial charge in [0.1, 0.15) is 5.58 Å². The van der Waals surface area contributed by atoms with Gasteiger partial charge in [0.05, 0.1) is 5.69 Å². The zero-order valence-corrected chi connectivity index (χ0v) is 46.5. The number of benzene rings is 6. The van der Waals surface area contributed by atoms with E-state index < -0.39 is 0 Å². The number of hydrogen-bond acceptors (Lipinski definition) is 3. The number of furan rings is 1. The molecule has 7 aromatic rings. The van der Waals surface area contributed by atoms with Crippen LogP contribution in [0.3, 0.4) is 0 Å². The van der Waals surface area contributed by atoms with E-state index in [-0.39, 0.29) is 44.6 Å². The number of anilines is 6. The van der Waals surface area contributed by atoms with Crippen molar-refractivity contribution in [2.45, 2.75) is 188 Å². The summed E-state index contributed by atoms with van der Waals surface area (Å²) in [5.74, 6) is 0.953. The lowest BCUT2D eigenvalue weighted by atomic mass is 9.33. The summed E-state index contributed by atoms with van der Waals surface area (Å²) < 4.78 is 7.61. The third-order valence-electron chi connectivity index (χ3n) is 17.9. The molecule has 366 valence electrons. The number of nitrogens with zero attached hydrogens (tertiary/aromatic N) is 2. The third-order valence-corrected chi connectivity index (χ3v) is 17.9. The number of fused-ring (bicyclic) bond motifs is 8. The van der Waals surface area contributed by atoms with Crippen molar-refractivity contribution in [3.63, 3.8) is 0 Å². The quantitative estimate of drug-likeness (QED) is 0.165. The van der Waals surface area contributed by atoms with Gasteiger partial charge in [-0.15, -0.1) is 0 Å². The maximum Gasteiger partial charge on any atom is 0.257 e. The molecular formula is C67H79BN2O. The van der Waals surface area contributed by atoms with E-state index in [1.54, 1.807) is 0 Å². The van der Waals surface area contributed by atoms with Crippen LogP contribution in [0.2, 0.25) is 0 Å². The Balaban J connectivity index is 1.26. The zero-order valence-electron chi connectivity index (χ0n) is 46.5. The van der Waals surface area contributed by atoms with E-state index >= 15 is 0 Å². The monoisotopic (exact) mass is 939 g/mol. The summed E-state index contributed by atoms with van der Waals surface area (Å²) in [5, 5.41) is 1.24. The molecule has 0 unspecified atom stereocenters. The highest BCUT2D eigenvalue weighted by atomic mass is 16.4. The first-order chi connectivity index (χ1) is 33.0. The lowest BCUT2D eigenvalue weighted by Crippen LogP contribution is -2.61. The van der Waals surface area contributed by atoms with Crippen molar-refractivity contribution in [3.8, 4) is 11.1 Å². The lowest BCUT2D eigenvalue weighted by Gasteiger charge is -2.45. The standard InChI is InChI=1S/C67H79BN2O/c1-40-33-55-59-56(34-40)70(53-27-23-43(62(5,6)7)35-46(53)41-19-21-42(22-20-41)61(2,3)4)54-28-24-44(63(8,9)10)36-52(54)68(59)58-47-38-50-51(67(17,18)32-31-66(50,15)16)39-57(47)71-60(58)69(55)45-25-26-48-49(37-45)65(13,14)30-29-64(48,11)12/h19-28,33-39H,29-32H2,1-18H3. The van der Waals surface area contributed by atoms with Crippen LogP contribution < -0.4 is 26.2 Å². The molecule has 0 spiro atoms. The molecule has 6 aromatic carbocycles. The summed E-state index contributed by atoms with van der Waals surface area (Å²) in [6.45, 7) is 42.8. The van der Waals surface area contributed by atoms with E-state index in [4.69, 9.17) is 4.42 Å². The average Bonchev–Trinajstić information content (AvgIpc) is 3.66. The molecular weight excluding hydrogens is 860 g/mol. The van der Waals surface area contributed by atoms with Gasteiger partial charge in [-0.05, 0) is 186 Å². The molecule has 3 nitrogen and oxygen atoms in total. The Morgan fingerprint density at radius 3 is 1.52 bits per heavy atom. The summed E-state index contributed by atoms with van der Waals surface area (Å²) in [7, 11) is 0. The number of aryl methyl sites for hydroxylation is 1. The normalized spacial score (nSPS) is 18.4. The molecule has 4 heteroatoms. The summed E-state index contributed by atoms with van der Waals surface area (Å²) in [5.41, 5.74) is 24.7. The fourth-order valence-electron chi connectivity index (χ4n) is 13.0. The smallest absolute Gasteiger partial charge is 0.257 e. The highest BCUT2D eigenvalue weighted by Gasteiger charge is 2.49. The maximum absolute atomic E-state index is 7.61. The minimum absolute atomic E-state index is 0.0332. The SMILES string of the molecule is Cc1cc2c3c(c1)N(c1ccc4c(c1)C(C)(C)CCC4(C)C)c1oc4cc5c(cc4c1B3c1cc(C(C)(C)C)ccc1N2c1ccc(C(C)(C)C)cc1-c1ccc(C(C)(C)C)cc1)C(C)(C)CCC5(C)C. The van der Waals surface area contributed by atoms with Crippen LogP contribution in [-0.2, 0) is 37.9 Å². The van der Waals surface area contributed by atoms with Crippen molar-refractivity contribution in [3.05, 3.63) is 148 Å². The zero-order chi connectivity index (χ0) is 50.9. The largest absolute Gasteiger partial charge is 0.440 e. The summed E-state index contributed by atoms with van der Waals surface area (Å²) in [4.78, 5) is 5.18. The molecule has 0 amide bonds. The van der Waals surface area contributed by atoms with Gasteiger partial charge >= 0.3 is 0 Å². The van der Waals surface area contributed by atoms with Gasteiger partial charge in [0, 0.05) is 39.2 Å². The van der Waals surface area contributed by atoms with Gasteiger partial charge < -0.3 is 9.32 Å². The van der Waals surface area contributed by atoms with E-state index in [2.05, 4.69) is 238 Å². The summed E-state index contributed by atoms with van der Waals surface area (Å²) in [6, 6.07) is 41.5. The Morgan fingerprint density at radius 1 is 0.451 bits per heavy atom. The van der Waals surface area contributed by atoms with Crippen LogP contribution in [0.1, 0.15) is 188 Å².